The highest BCUT2D eigenvalue weighted by atomic mass is 16.7. The number of oxime groups is 1. The van der Waals surface area contributed by atoms with Crippen LogP contribution in [0.5, 0.6) is 0 Å². The molecule has 1 fully saturated rings. The normalized spacial score (nSPS) is 20.8. The molecule has 1 aromatic carbocycles. The van der Waals surface area contributed by atoms with Gasteiger partial charge in [0.25, 0.3) is 5.91 Å². The molecule has 1 saturated heterocycles. The van der Waals surface area contributed by atoms with Crippen LogP contribution >= 0.6 is 0 Å². The van der Waals surface area contributed by atoms with Gasteiger partial charge in [0.1, 0.15) is 12.1 Å². The number of carbonyl (C=O) groups excluding carboxylic acids is 3. The first kappa shape index (κ1) is 17.5. The molecule has 0 radical (unpaired) electrons. The van der Waals surface area contributed by atoms with E-state index in [1.807, 2.05) is 6.92 Å². The third-order valence-electron chi connectivity index (χ3n) is 3.83. The molecular weight excluding hydrogens is 314 g/mol. The van der Waals surface area contributed by atoms with Crippen molar-refractivity contribution in [1.29, 1.82) is 0 Å². The average Bonchev–Trinajstić information content (AvgIpc) is 2.72. The number of hydrogen-bond acceptors (Lipinski definition) is 6. The van der Waals surface area contributed by atoms with Crippen LogP contribution in [0.25, 0.3) is 0 Å². The molecule has 8 heteroatoms. The second kappa shape index (κ2) is 6.69. The standard InChI is InChI=1S/C16H19N3O5/c1-5-23-17-10-12-6-8-13(9-7-12)16(3)14(21)19(24-11(2)20)15(22)18(16)4/h6-10H,5H2,1-4H3/t16-/m1/s1. The Morgan fingerprint density at radius 3 is 2.46 bits per heavy atom. The van der Waals surface area contributed by atoms with E-state index in [1.54, 1.807) is 37.4 Å². The summed E-state index contributed by atoms with van der Waals surface area (Å²) in [6, 6.07) is 6.24. The van der Waals surface area contributed by atoms with Crippen molar-refractivity contribution in [2.24, 2.45) is 5.16 Å². The summed E-state index contributed by atoms with van der Waals surface area (Å²) in [5.74, 6) is -1.36. The van der Waals surface area contributed by atoms with Crippen LogP contribution in [-0.4, -0.2) is 47.7 Å². The molecule has 1 aliphatic rings. The molecule has 0 aliphatic carbocycles. The predicted octanol–water partition coefficient (Wildman–Crippen LogP) is 1.64. The van der Waals surface area contributed by atoms with E-state index in [0.717, 1.165) is 12.5 Å². The monoisotopic (exact) mass is 333 g/mol. The first-order valence-electron chi connectivity index (χ1n) is 7.39. The lowest BCUT2D eigenvalue weighted by atomic mass is 9.90. The Balaban J connectivity index is 2.30. The first-order valence-corrected chi connectivity index (χ1v) is 7.39. The largest absolute Gasteiger partial charge is 0.396 e. The lowest BCUT2D eigenvalue weighted by Gasteiger charge is -2.28. The van der Waals surface area contributed by atoms with Crippen molar-refractivity contribution in [2.45, 2.75) is 26.3 Å². The number of imide groups is 1. The maximum atomic E-state index is 12.6. The molecule has 8 nitrogen and oxygen atoms in total. The van der Waals surface area contributed by atoms with E-state index < -0.39 is 23.4 Å². The van der Waals surface area contributed by atoms with Crippen molar-refractivity contribution in [3.05, 3.63) is 35.4 Å². The summed E-state index contributed by atoms with van der Waals surface area (Å²) in [4.78, 5) is 46.8. The summed E-state index contributed by atoms with van der Waals surface area (Å²) in [7, 11) is 1.48. The lowest BCUT2D eigenvalue weighted by molar-refractivity contribution is -0.182. The van der Waals surface area contributed by atoms with Gasteiger partial charge in [-0.1, -0.05) is 34.5 Å². The van der Waals surface area contributed by atoms with E-state index in [-0.39, 0.29) is 0 Å². The van der Waals surface area contributed by atoms with E-state index in [1.165, 1.54) is 11.9 Å². The molecule has 1 heterocycles. The maximum absolute atomic E-state index is 12.6. The van der Waals surface area contributed by atoms with Crippen LogP contribution in [0.4, 0.5) is 4.79 Å². The van der Waals surface area contributed by atoms with Crippen LogP contribution in [0.3, 0.4) is 0 Å². The third-order valence-corrected chi connectivity index (χ3v) is 3.83. The van der Waals surface area contributed by atoms with Crippen LogP contribution in [0.1, 0.15) is 31.9 Å². The average molecular weight is 333 g/mol. The molecular formula is C16H19N3O5. The molecule has 0 bridgehead atoms. The van der Waals surface area contributed by atoms with Crippen molar-refractivity contribution in [2.75, 3.05) is 13.7 Å². The smallest absolute Gasteiger partial charge is 0.361 e. The van der Waals surface area contributed by atoms with Gasteiger partial charge in [-0.25, -0.2) is 9.59 Å². The molecule has 0 spiro atoms. The highest BCUT2D eigenvalue weighted by molar-refractivity contribution is 6.06. The number of hydrogen-bond donors (Lipinski definition) is 0. The fourth-order valence-corrected chi connectivity index (χ4v) is 2.35. The quantitative estimate of drug-likeness (QED) is 0.464. The summed E-state index contributed by atoms with van der Waals surface area (Å²) < 4.78 is 0. The Bertz CT molecular complexity index is 685. The molecule has 2 rings (SSSR count). The van der Waals surface area contributed by atoms with E-state index in [4.69, 9.17) is 9.68 Å². The zero-order chi connectivity index (χ0) is 17.9. The molecule has 1 aliphatic heterocycles. The van der Waals surface area contributed by atoms with Crippen molar-refractivity contribution in [3.8, 4) is 0 Å². The summed E-state index contributed by atoms with van der Waals surface area (Å²) in [5.41, 5.74) is 0.112. The summed E-state index contributed by atoms with van der Waals surface area (Å²) in [5, 5.41) is 4.26. The van der Waals surface area contributed by atoms with Crippen molar-refractivity contribution >= 4 is 24.1 Å². The maximum Gasteiger partial charge on any atom is 0.361 e. The van der Waals surface area contributed by atoms with E-state index in [2.05, 4.69) is 5.16 Å². The minimum absolute atomic E-state index is 0.472. The number of rotatable bonds is 5. The Morgan fingerprint density at radius 1 is 1.29 bits per heavy atom. The summed E-state index contributed by atoms with van der Waals surface area (Å²) in [6.45, 7) is 5.03. The Kier molecular flexibility index (Phi) is 4.87. The van der Waals surface area contributed by atoms with Gasteiger partial charge in [-0.15, -0.1) is 0 Å². The summed E-state index contributed by atoms with van der Waals surface area (Å²) >= 11 is 0. The van der Waals surface area contributed by atoms with E-state index in [9.17, 15) is 14.4 Å². The number of amides is 3. The fraction of sp³-hybridized carbons (Fsp3) is 0.375. The number of hydroxylamine groups is 2. The van der Waals surface area contributed by atoms with Crippen molar-refractivity contribution in [1.82, 2.24) is 9.96 Å². The number of likely N-dealkylation sites (N-methyl/N-ethyl adjacent to an activating group) is 1. The topological polar surface area (TPSA) is 88.5 Å². The Morgan fingerprint density at radius 2 is 1.92 bits per heavy atom. The molecule has 128 valence electrons. The fourth-order valence-electron chi connectivity index (χ4n) is 2.35. The molecule has 24 heavy (non-hydrogen) atoms. The van der Waals surface area contributed by atoms with Crippen LogP contribution in [0.15, 0.2) is 29.4 Å². The number of nitrogens with zero attached hydrogens (tertiary/aromatic N) is 3. The zero-order valence-corrected chi connectivity index (χ0v) is 14.0. The van der Waals surface area contributed by atoms with Gasteiger partial charge < -0.3 is 14.6 Å². The highest BCUT2D eigenvalue weighted by Gasteiger charge is 2.55. The van der Waals surface area contributed by atoms with Crippen molar-refractivity contribution in [3.63, 3.8) is 0 Å². The van der Waals surface area contributed by atoms with Gasteiger partial charge in [0.2, 0.25) is 0 Å². The van der Waals surface area contributed by atoms with Crippen LogP contribution < -0.4 is 0 Å². The highest BCUT2D eigenvalue weighted by Crippen LogP contribution is 2.36. The Labute approximate surface area is 139 Å². The van der Waals surface area contributed by atoms with E-state index >= 15 is 0 Å². The van der Waals surface area contributed by atoms with Crippen LogP contribution in [0.2, 0.25) is 0 Å². The number of urea groups is 1. The van der Waals surface area contributed by atoms with Crippen molar-refractivity contribution < 1.29 is 24.1 Å². The number of benzene rings is 1. The third kappa shape index (κ3) is 2.94. The molecule has 0 saturated carbocycles. The van der Waals surface area contributed by atoms with Gasteiger partial charge in [-0.05, 0) is 25.0 Å². The minimum Gasteiger partial charge on any atom is -0.396 e. The summed E-state index contributed by atoms with van der Waals surface area (Å²) in [6.07, 6.45) is 1.55. The van der Waals surface area contributed by atoms with Crippen LogP contribution in [-0.2, 0) is 24.8 Å². The van der Waals surface area contributed by atoms with Gasteiger partial charge in [0, 0.05) is 14.0 Å². The predicted molar refractivity (Wildman–Crippen MR) is 84.8 cm³/mol. The van der Waals surface area contributed by atoms with E-state index in [0.29, 0.717) is 17.2 Å². The molecule has 3 amide bonds. The minimum atomic E-state index is -1.26. The second-order valence-electron chi connectivity index (χ2n) is 5.37. The zero-order valence-electron chi connectivity index (χ0n) is 14.0. The second-order valence-corrected chi connectivity index (χ2v) is 5.37. The van der Waals surface area contributed by atoms with Gasteiger partial charge in [-0.2, -0.15) is 0 Å². The molecule has 1 atom stereocenters. The van der Waals surface area contributed by atoms with Gasteiger partial charge in [0.05, 0.1) is 6.21 Å². The Hall–Kier alpha value is -2.90. The van der Waals surface area contributed by atoms with Gasteiger partial charge in [0.15, 0.2) is 0 Å². The molecule has 1 aromatic rings. The molecule has 0 N–H and O–H groups in total. The SMILES string of the molecule is CCON=Cc1ccc([C@]2(C)C(=O)N(OC(C)=O)C(=O)N2C)cc1. The van der Waals surface area contributed by atoms with Gasteiger partial charge >= 0.3 is 12.0 Å². The van der Waals surface area contributed by atoms with Crippen LogP contribution in [0, 0.1) is 0 Å². The molecule has 0 unspecified atom stereocenters. The first-order chi connectivity index (χ1) is 11.3. The van der Waals surface area contributed by atoms with Gasteiger partial charge in [-0.3, -0.25) is 4.79 Å². The molecule has 0 aromatic heterocycles. The lowest BCUT2D eigenvalue weighted by Crippen LogP contribution is -2.42. The number of carbonyl (C=O) groups is 3.